The molecule has 0 unspecified atom stereocenters. The van der Waals surface area contributed by atoms with Crippen LogP contribution >= 0.6 is 0 Å². The van der Waals surface area contributed by atoms with Crippen LogP contribution in [0.5, 0.6) is 5.75 Å². The van der Waals surface area contributed by atoms with Gasteiger partial charge < -0.3 is 9.15 Å². The van der Waals surface area contributed by atoms with E-state index in [9.17, 15) is 4.79 Å². The Balaban J connectivity index is 1.57. The average Bonchev–Trinajstić information content (AvgIpc) is 3.12. The van der Waals surface area contributed by atoms with Gasteiger partial charge in [-0.05, 0) is 54.1 Å². The van der Waals surface area contributed by atoms with Gasteiger partial charge in [0.25, 0.3) is 0 Å². The van der Waals surface area contributed by atoms with E-state index in [0.717, 1.165) is 16.9 Å². The van der Waals surface area contributed by atoms with E-state index < -0.39 is 0 Å². The van der Waals surface area contributed by atoms with Crippen molar-refractivity contribution in [1.82, 2.24) is 9.97 Å². The number of nitrogens with zero attached hydrogens (tertiary/aromatic N) is 2. The van der Waals surface area contributed by atoms with E-state index in [0.29, 0.717) is 29.1 Å². The first-order valence-corrected chi connectivity index (χ1v) is 8.21. The van der Waals surface area contributed by atoms with Gasteiger partial charge in [0.15, 0.2) is 17.0 Å². The van der Waals surface area contributed by atoms with Crippen molar-refractivity contribution < 1.29 is 13.9 Å². The lowest BCUT2D eigenvalue weighted by Gasteiger charge is -2.04. The van der Waals surface area contributed by atoms with Gasteiger partial charge in [-0.25, -0.2) is 4.98 Å². The van der Waals surface area contributed by atoms with Gasteiger partial charge in [0, 0.05) is 23.7 Å². The predicted molar refractivity (Wildman–Crippen MR) is 98.3 cm³/mol. The lowest BCUT2D eigenvalue weighted by Crippen LogP contribution is -2.03. The van der Waals surface area contributed by atoms with Gasteiger partial charge in [-0.3, -0.25) is 4.79 Å². The largest absolute Gasteiger partial charge is 0.497 e. The monoisotopic (exact) mass is 344 g/mol. The lowest BCUT2D eigenvalue weighted by molar-refractivity contribution is 0.0993. The number of ether oxygens (including phenoxy) is 1. The molecule has 0 atom stereocenters. The molecule has 0 fully saturated rings. The highest BCUT2D eigenvalue weighted by atomic mass is 16.5. The Morgan fingerprint density at radius 1 is 1.08 bits per heavy atom. The third-order valence-electron chi connectivity index (χ3n) is 4.12. The standard InChI is InChI=1S/C21H16N2O3/c1-25-17-9-7-15(8-10-17)18(24)13-14-4-2-5-16(12-14)21-23-20-19(26-21)6-3-11-22-20/h2-12H,13H2,1H3. The van der Waals surface area contributed by atoms with Crippen molar-refractivity contribution in [3.63, 3.8) is 0 Å². The number of rotatable bonds is 5. The number of ketones is 1. The van der Waals surface area contributed by atoms with E-state index in [4.69, 9.17) is 9.15 Å². The number of hydrogen-bond donors (Lipinski definition) is 0. The van der Waals surface area contributed by atoms with Crippen molar-refractivity contribution in [2.24, 2.45) is 0 Å². The number of aromatic nitrogens is 2. The molecule has 0 bridgehead atoms. The van der Waals surface area contributed by atoms with E-state index in [1.807, 2.05) is 30.3 Å². The highest BCUT2D eigenvalue weighted by Gasteiger charge is 2.11. The summed E-state index contributed by atoms with van der Waals surface area (Å²) in [5.74, 6) is 1.27. The number of Topliss-reactive ketones (excluding diaryl/α,β-unsaturated/α-hetero) is 1. The SMILES string of the molecule is COc1ccc(C(=O)Cc2cccc(-c3nc4ncccc4o3)c2)cc1. The zero-order valence-electron chi connectivity index (χ0n) is 14.2. The Kier molecular flexibility index (Phi) is 4.19. The maximum Gasteiger partial charge on any atom is 0.228 e. The second kappa shape index (κ2) is 6.80. The van der Waals surface area contributed by atoms with E-state index in [1.54, 1.807) is 43.6 Å². The topological polar surface area (TPSA) is 65.2 Å². The molecule has 0 spiro atoms. The molecule has 26 heavy (non-hydrogen) atoms. The number of carbonyl (C=O) groups is 1. The van der Waals surface area contributed by atoms with Crippen molar-refractivity contribution in [2.45, 2.75) is 6.42 Å². The molecule has 2 heterocycles. The van der Waals surface area contributed by atoms with Crippen LogP contribution in [0.3, 0.4) is 0 Å². The molecule has 5 heteroatoms. The number of fused-ring (bicyclic) bond motifs is 1. The Morgan fingerprint density at radius 3 is 2.69 bits per heavy atom. The van der Waals surface area contributed by atoms with Crippen molar-refractivity contribution in [3.05, 3.63) is 78.0 Å². The summed E-state index contributed by atoms with van der Waals surface area (Å²) in [6.07, 6.45) is 1.98. The Bertz CT molecular complexity index is 1040. The first-order valence-electron chi connectivity index (χ1n) is 8.21. The second-order valence-electron chi connectivity index (χ2n) is 5.87. The minimum absolute atomic E-state index is 0.0454. The fraction of sp³-hybridized carbons (Fsp3) is 0.0952. The molecule has 4 aromatic rings. The fourth-order valence-electron chi connectivity index (χ4n) is 2.77. The van der Waals surface area contributed by atoms with Crippen LogP contribution in [0, 0.1) is 0 Å². The summed E-state index contributed by atoms with van der Waals surface area (Å²) < 4.78 is 10.9. The molecule has 5 nitrogen and oxygen atoms in total. The maximum absolute atomic E-state index is 12.5. The van der Waals surface area contributed by atoms with Gasteiger partial charge >= 0.3 is 0 Å². The summed E-state index contributed by atoms with van der Waals surface area (Å²) in [5, 5.41) is 0. The number of pyridine rings is 1. The summed E-state index contributed by atoms with van der Waals surface area (Å²) in [7, 11) is 1.60. The van der Waals surface area contributed by atoms with Gasteiger partial charge in [0.1, 0.15) is 5.75 Å². The summed E-state index contributed by atoms with van der Waals surface area (Å²) in [6, 6.07) is 18.4. The van der Waals surface area contributed by atoms with Gasteiger partial charge in [-0.15, -0.1) is 0 Å². The Hall–Kier alpha value is -3.47. The molecule has 0 aliphatic carbocycles. The third kappa shape index (κ3) is 3.19. The highest BCUT2D eigenvalue weighted by Crippen LogP contribution is 2.24. The summed E-state index contributed by atoms with van der Waals surface area (Å²) in [6.45, 7) is 0. The van der Waals surface area contributed by atoms with Crippen LogP contribution in [0.2, 0.25) is 0 Å². The Labute approximate surface area is 150 Å². The highest BCUT2D eigenvalue weighted by molar-refractivity contribution is 5.97. The normalized spacial score (nSPS) is 10.8. The fourth-order valence-corrected chi connectivity index (χ4v) is 2.77. The molecule has 0 amide bonds. The molecule has 128 valence electrons. The number of carbonyl (C=O) groups excluding carboxylic acids is 1. The smallest absolute Gasteiger partial charge is 0.228 e. The van der Waals surface area contributed by atoms with Crippen molar-refractivity contribution in [2.75, 3.05) is 7.11 Å². The number of hydrogen-bond acceptors (Lipinski definition) is 5. The molecule has 4 rings (SSSR count). The molecule has 2 aromatic carbocycles. The van der Waals surface area contributed by atoms with Crippen molar-refractivity contribution >= 4 is 17.0 Å². The number of oxazole rings is 1. The van der Waals surface area contributed by atoms with Crippen LogP contribution in [0.1, 0.15) is 15.9 Å². The molecule has 0 aliphatic heterocycles. The van der Waals surface area contributed by atoms with Crippen LogP contribution in [0.15, 0.2) is 71.3 Å². The first kappa shape index (κ1) is 16.0. The van der Waals surface area contributed by atoms with Gasteiger partial charge in [0.05, 0.1) is 7.11 Å². The molecule has 0 saturated heterocycles. The molecule has 0 saturated carbocycles. The van der Waals surface area contributed by atoms with E-state index in [-0.39, 0.29) is 5.78 Å². The quantitative estimate of drug-likeness (QED) is 0.504. The molecular formula is C21H16N2O3. The number of methoxy groups -OCH3 is 1. The third-order valence-corrected chi connectivity index (χ3v) is 4.12. The van der Waals surface area contributed by atoms with Crippen molar-refractivity contribution in [1.29, 1.82) is 0 Å². The summed E-state index contributed by atoms with van der Waals surface area (Å²) >= 11 is 0. The van der Waals surface area contributed by atoms with Crippen molar-refractivity contribution in [3.8, 4) is 17.2 Å². The molecule has 0 aliphatic rings. The number of benzene rings is 2. The van der Waals surface area contributed by atoms with Crippen LogP contribution in [-0.2, 0) is 6.42 Å². The first-order chi connectivity index (χ1) is 12.7. The van der Waals surface area contributed by atoms with Gasteiger partial charge in [-0.1, -0.05) is 12.1 Å². The van der Waals surface area contributed by atoms with Gasteiger partial charge in [0.2, 0.25) is 5.89 Å². The zero-order chi connectivity index (χ0) is 17.9. The average molecular weight is 344 g/mol. The Morgan fingerprint density at radius 2 is 1.92 bits per heavy atom. The van der Waals surface area contributed by atoms with Crippen LogP contribution in [0.25, 0.3) is 22.7 Å². The molecule has 0 radical (unpaired) electrons. The minimum Gasteiger partial charge on any atom is -0.497 e. The predicted octanol–water partition coefficient (Wildman–Crippen LogP) is 4.32. The molecule has 2 aromatic heterocycles. The van der Waals surface area contributed by atoms with E-state index >= 15 is 0 Å². The van der Waals surface area contributed by atoms with Crippen LogP contribution in [0.4, 0.5) is 0 Å². The second-order valence-corrected chi connectivity index (χ2v) is 5.87. The maximum atomic E-state index is 12.5. The zero-order valence-corrected chi connectivity index (χ0v) is 14.2. The molecular weight excluding hydrogens is 328 g/mol. The lowest BCUT2D eigenvalue weighted by atomic mass is 10.0. The van der Waals surface area contributed by atoms with E-state index in [2.05, 4.69) is 9.97 Å². The van der Waals surface area contributed by atoms with E-state index in [1.165, 1.54) is 0 Å². The summed E-state index contributed by atoms with van der Waals surface area (Å²) in [4.78, 5) is 21.1. The van der Waals surface area contributed by atoms with Crippen LogP contribution < -0.4 is 4.74 Å². The van der Waals surface area contributed by atoms with Gasteiger partial charge in [-0.2, -0.15) is 4.98 Å². The minimum atomic E-state index is 0.0454. The molecule has 0 N–H and O–H groups in total. The summed E-state index contributed by atoms with van der Waals surface area (Å²) in [5.41, 5.74) is 3.59. The van der Waals surface area contributed by atoms with Crippen LogP contribution in [-0.4, -0.2) is 22.9 Å².